The smallest absolute Gasteiger partial charge is 0.296 e. The van der Waals surface area contributed by atoms with E-state index in [0.717, 1.165) is 25.0 Å². The fourth-order valence-electron chi connectivity index (χ4n) is 4.43. The van der Waals surface area contributed by atoms with E-state index in [1.807, 2.05) is 0 Å². The summed E-state index contributed by atoms with van der Waals surface area (Å²) in [6.45, 7) is -0.0905. The van der Waals surface area contributed by atoms with Gasteiger partial charge in [-0.15, -0.1) is 0 Å². The highest BCUT2D eigenvalue weighted by molar-refractivity contribution is 7.93. The number of pyridine rings is 1. The predicted molar refractivity (Wildman–Crippen MR) is 129 cm³/mol. The van der Waals surface area contributed by atoms with Crippen LogP contribution in [0.5, 0.6) is 11.9 Å². The van der Waals surface area contributed by atoms with E-state index < -0.39 is 52.4 Å². The number of aromatic nitrogens is 3. The van der Waals surface area contributed by atoms with Crippen LogP contribution >= 0.6 is 11.6 Å². The Balaban J connectivity index is 1.17. The second kappa shape index (κ2) is 9.31. The van der Waals surface area contributed by atoms with Crippen LogP contribution in [0.1, 0.15) is 18.4 Å². The van der Waals surface area contributed by atoms with E-state index in [0.29, 0.717) is 5.52 Å². The molecule has 3 aliphatic rings. The highest BCUT2D eigenvalue weighted by Gasteiger charge is 2.48. The summed E-state index contributed by atoms with van der Waals surface area (Å²) in [4.78, 5) is 11.5. The van der Waals surface area contributed by atoms with Crippen molar-refractivity contribution in [2.75, 3.05) is 19.5 Å². The van der Waals surface area contributed by atoms with Gasteiger partial charge in [-0.05, 0) is 18.9 Å². The topological polar surface area (TPSA) is 128 Å². The molecule has 0 spiro atoms. The minimum Gasteiger partial charge on any atom is -0.471 e. The molecule has 2 aromatic heterocycles. The summed E-state index contributed by atoms with van der Waals surface area (Å²) in [6, 6.07) is 3.72. The first-order chi connectivity index (χ1) is 17.7. The lowest BCUT2D eigenvalue weighted by Gasteiger charge is -2.15. The Labute approximate surface area is 215 Å². The molecule has 4 heterocycles. The van der Waals surface area contributed by atoms with Crippen LogP contribution in [0.2, 0.25) is 5.02 Å². The Kier molecular flexibility index (Phi) is 6.23. The Bertz CT molecular complexity index is 1470. The molecule has 10 nitrogen and oxygen atoms in total. The van der Waals surface area contributed by atoms with Crippen molar-refractivity contribution >= 4 is 38.2 Å². The van der Waals surface area contributed by atoms with Crippen molar-refractivity contribution in [3.63, 3.8) is 0 Å². The minimum atomic E-state index is -2.54. The molecule has 0 amide bonds. The molecular weight excluding hydrogens is 534 g/mol. The molecule has 14 heteroatoms. The number of halogens is 3. The fraction of sp³-hybridized carbons (Fsp3) is 0.478. The van der Waals surface area contributed by atoms with Gasteiger partial charge in [-0.2, -0.15) is 14.3 Å². The number of aliphatic hydroxyl groups excluding tert-OH is 1. The lowest BCUT2D eigenvalue weighted by molar-refractivity contribution is 0.00706. The maximum absolute atomic E-state index is 14.7. The van der Waals surface area contributed by atoms with Gasteiger partial charge in [-0.3, -0.25) is 0 Å². The fourth-order valence-corrected chi connectivity index (χ4v) is 6.32. The molecule has 5 atom stereocenters. The summed E-state index contributed by atoms with van der Waals surface area (Å²) in [5.74, 6) is -1.83. The van der Waals surface area contributed by atoms with Crippen LogP contribution in [0.4, 0.5) is 14.5 Å². The van der Waals surface area contributed by atoms with E-state index in [9.17, 15) is 18.1 Å². The number of imidazole rings is 1. The summed E-state index contributed by atoms with van der Waals surface area (Å²) < 4.78 is 68.4. The van der Waals surface area contributed by atoms with Crippen molar-refractivity contribution < 1.29 is 37.0 Å². The van der Waals surface area contributed by atoms with Crippen LogP contribution in [-0.2, 0) is 25.8 Å². The first-order valence-corrected chi connectivity index (χ1v) is 14.0. The average Bonchev–Trinajstić information content (AvgIpc) is 3.39. The van der Waals surface area contributed by atoms with E-state index in [-0.39, 0.29) is 52.3 Å². The molecule has 0 bridgehead atoms. The predicted octanol–water partition coefficient (Wildman–Crippen LogP) is 3.27. The molecular formula is C23H23ClF2N4O6S. The lowest BCUT2D eigenvalue weighted by atomic mass is 10.1. The lowest BCUT2D eigenvalue weighted by Crippen LogP contribution is -2.34. The van der Waals surface area contributed by atoms with Gasteiger partial charge in [-0.25, -0.2) is 13.0 Å². The van der Waals surface area contributed by atoms with Crippen LogP contribution in [0.3, 0.4) is 0 Å². The number of ether oxygens (including phenoxy) is 4. The van der Waals surface area contributed by atoms with E-state index in [4.69, 9.17) is 30.5 Å². The van der Waals surface area contributed by atoms with Crippen molar-refractivity contribution in [2.45, 2.75) is 49.1 Å². The molecule has 37 heavy (non-hydrogen) atoms. The van der Waals surface area contributed by atoms with Gasteiger partial charge in [0.15, 0.2) is 11.8 Å². The van der Waals surface area contributed by atoms with Crippen LogP contribution in [0.15, 0.2) is 22.6 Å². The summed E-state index contributed by atoms with van der Waals surface area (Å²) in [5.41, 5.74) is 0.310. The molecule has 0 radical (unpaired) electrons. The van der Waals surface area contributed by atoms with Crippen LogP contribution in [-0.4, -0.2) is 73.4 Å². The number of rotatable bonds is 7. The minimum absolute atomic E-state index is 0.0173. The average molecular weight is 557 g/mol. The van der Waals surface area contributed by atoms with Crippen LogP contribution in [0.25, 0.3) is 11.2 Å². The molecule has 2 N–H and O–H groups in total. The van der Waals surface area contributed by atoms with Crippen molar-refractivity contribution in [1.82, 2.24) is 15.0 Å². The van der Waals surface area contributed by atoms with Gasteiger partial charge < -0.3 is 29.0 Å². The molecule has 1 aliphatic carbocycles. The largest absolute Gasteiger partial charge is 0.471 e. The monoisotopic (exact) mass is 556 g/mol. The molecule has 1 aromatic carbocycles. The Morgan fingerprint density at radius 1 is 1.19 bits per heavy atom. The summed E-state index contributed by atoms with van der Waals surface area (Å²) in [7, 11) is -2.54. The summed E-state index contributed by atoms with van der Waals surface area (Å²) in [6.07, 6.45) is 1.05. The zero-order valence-corrected chi connectivity index (χ0v) is 21.1. The molecule has 3 aromatic rings. The van der Waals surface area contributed by atoms with Gasteiger partial charge in [0.25, 0.3) is 6.01 Å². The van der Waals surface area contributed by atoms with E-state index in [2.05, 4.69) is 19.3 Å². The molecule has 198 valence electrons. The normalized spacial score (nSPS) is 26.7. The number of aromatic amines is 1. The van der Waals surface area contributed by atoms with E-state index in [1.54, 1.807) is 0 Å². The SMILES string of the molecule is CS(=O)(=Nc1cc(F)c(COc2nc3nc(O[C@@H]4CO[C@H]5[C@@H]4OC[C@H]5O)[nH]c3cc2Cl)c(F)c1)C1CC1. The van der Waals surface area contributed by atoms with Gasteiger partial charge in [0.1, 0.15) is 41.6 Å². The van der Waals surface area contributed by atoms with Crippen molar-refractivity contribution in [3.8, 4) is 11.9 Å². The van der Waals surface area contributed by atoms with Gasteiger partial charge in [-0.1, -0.05) is 11.6 Å². The Morgan fingerprint density at radius 3 is 2.65 bits per heavy atom. The maximum Gasteiger partial charge on any atom is 0.296 e. The van der Waals surface area contributed by atoms with Crippen molar-refractivity contribution in [3.05, 3.63) is 40.4 Å². The summed E-state index contributed by atoms with van der Waals surface area (Å²) >= 11 is 6.27. The standard InChI is InChI=1S/C23H23ClF2N4O6S/c1-37(32,11-2-3-11)30-10-4-14(25)12(15(26)5-10)7-35-22-13(24)6-16-21(28-22)29-23(27-16)36-18-9-34-19-17(31)8-33-20(18)19/h4-6,11,17-20,31H,2-3,7-9H2,1H3,(H,27,28,29)/t17-,18-,19-,20-,37?/m1/s1. The number of benzene rings is 1. The van der Waals surface area contributed by atoms with Crippen LogP contribution < -0.4 is 9.47 Å². The maximum atomic E-state index is 14.7. The van der Waals surface area contributed by atoms with Gasteiger partial charge in [0.2, 0.25) is 5.88 Å². The number of aliphatic hydroxyl groups is 1. The summed E-state index contributed by atoms with van der Waals surface area (Å²) in [5, 5.41) is 9.93. The first kappa shape index (κ1) is 24.7. The number of hydrogen-bond donors (Lipinski definition) is 2. The molecule has 1 saturated carbocycles. The molecule has 2 saturated heterocycles. The molecule has 1 unspecified atom stereocenters. The zero-order valence-electron chi connectivity index (χ0n) is 19.5. The van der Waals surface area contributed by atoms with Gasteiger partial charge in [0.05, 0.1) is 39.7 Å². The van der Waals surface area contributed by atoms with Crippen LogP contribution in [0, 0.1) is 11.6 Å². The Morgan fingerprint density at radius 2 is 1.92 bits per heavy atom. The van der Waals surface area contributed by atoms with Gasteiger partial charge >= 0.3 is 0 Å². The number of nitrogens with one attached hydrogen (secondary N) is 1. The number of nitrogens with zero attached hydrogens (tertiary/aromatic N) is 3. The molecule has 3 fully saturated rings. The first-order valence-electron chi connectivity index (χ1n) is 11.6. The van der Waals surface area contributed by atoms with E-state index >= 15 is 0 Å². The second-order valence-corrected chi connectivity index (χ2v) is 12.3. The zero-order chi connectivity index (χ0) is 25.9. The quantitative estimate of drug-likeness (QED) is 0.454. The molecule has 6 rings (SSSR count). The highest BCUT2D eigenvalue weighted by Crippen LogP contribution is 2.34. The third kappa shape index (κ3) is 4.86. The van der Waals surface area contributed by atoms with Crippen molar-refractivity contribution in [1.29, 1.82) is 0 Å². The van der Waals surface area contributed by atoms with E-state index in [1.165, 1.54) is 12.3 Å². The third-order valence-electron chi connectivity index (χ3n) is 6.53. The number of H-pyrrole nitrogens is 1. The third-order valence-corrected chi connectivity index (χ3v) is 9.08. The Hall–Kier alpha value is -2.58. The number of fused-ring (bicyclic) bond motifs is 2. The van der Waals surface area contributed by atoms with Gasteiger partial charge in [0, 0.05) is 23.6 Å². The number of hydrogen-bond acceptors (Lipinski definition) is 9. The second-order valence-electron chi connectivity index (χ2n) is 9.34. The molecule has 2 aliphatic heterocycles. The van der Waals surface area contributed by atoms with Crippen molar-refractivity contribution in [2.24, 2.45) is 4.36 Å². The highest BCUT2D eigenvalue weighted by atomic mass is 35.5.